The van der Waals surface area contributed by atoms with Crippen LogP contribution in [0.25, 0.3) is 21.5 Å². The quantitative estimate of drug-likeness (QED) is 0.288. The Balaban J connectivity index is 1.12. The van der Waals surface area contributed by atoms with Crippen molar-refractivity contribution in [3.63, 3.8) is 0 Å². The number of halogens is 1. The number of piperidine rings is 1. The molecule has 0 radical (unpaired) electrons. The number of aromatic nitrogens is 2. The van der Waals surface area contributed by atoms with Gasteiger partial charge in [0.1, 0.15) is 5.69 Å². The van der Waals surface area contributed by atoms with Crippen molar-refractivity contribution in [3.8, 4) is 16.5 Å². The molecule has 2 aliphatic rings. The van der Waals surface area contributed by atoms with Crippen molar-refractivity contribution in [1.29, 1.82) is 0 Å². The topological polar surface area (TPSA) is 72.5 Å². The Hall–Kier alpha value is -2.81. The highest BCUT2D eigenvalue weighted by Crippen LogP contribution is 2.33. The third-order valence-electron chi connectivity index (χ3n) is 7.61. The molecule has 7 nitrogen and oxygen atoms in total. The number of benzene rings is 1. The minimum atomic E-state index is -0.408. The van der Waals surface area contributed by atoms with Crippen molar-refractivity contribution in [2.45, 2.75) is 63.6 Å². The van der Waals surface area contributed by atoms with Crippen LogP contribution in [0, 0.1) is 0 Å². The average Bonchev–Trinajstić information content (AvgIpc) is 3.65. The molecule has 1 saturated carbocycles. The standard InChI is InChI=1S/C28H31ClN4O3S/c29-26-11-10-25(37-26)24-17-21(31-36-24)18-33-23-9-5-4-6-19(23)16-27(33)35-28(34)30-20-12-14-32(15-13-20)22-7-2-1-3-8-22/h4-6,9-11,16-17,20,22H,1-3,7-8,12-15,18H2,(H,30,34). The van der Waals surface area contributed by atoms with Crippen molar-refractivity contribution in [2.75, 3.05) is 13.1 Å². The summed E-state index contributed by atoms with van der Waals surface area (Å²) in [4.78, 5) is 16.5. The molecule has 37 heavy (non-hydrogen) atoms. The second-order valence-corrected chi connectivity index (χ2v) is 11.8. The predicted octanol–water partition coefficient (Wildman–Crippen LogP) is 6.95. The zero-order chi connectivity index (χ0) is 25.2. The van der Waals surface area contributed by atoms with E-state index in [1.54, 1.807) is 0 Å². The van der Waals surface area contributed by atoms with Gasteiger partial charge in [0.25, 0.3) is 0 Å². The first-order valence-corrected chi connectivity index (χ1v) is 14.3. The molecule has 1 aliphatic carbocycles. The normalized spacial score (nSPS) is 17.9. The maximum absolute atomic E-state index is 12.9. The number of thiophene rings is 1. The number of fused-ring (bicyclic) bond motifs is 1. The summed E-state index contributed by atoms with van der Waals surface area (Å²) < 4.78 is 14.1. The molecule has 3 aromatic heterocycles. The number of likely N-dealkylation sites (tertiary alicyclic amines) is 1. The molecule has 4 heterocycles. The predicted molar refractivity (Wildman–Crippen MR) is 146 cm³/mol. The number of nitrogens with one attached hydrogen (secondary N) is 1. The van der Waals surface area contributed by atoms with Gasteiger partial charge in [0.05, 0.1) is 21.3 Å². The summed E-state index contributed by atoms with van der Waals surface area (Å²) in [5.41, 5.74) is 1.70. The van der Waals surface area contributed by atoms with E-state index in [4.69, 9.17) is 20.9 Å². The van der Waals surface area contributed by atoms with Crippen molar-refractivity contribution in [1.82, 2.24) is 19.9 Å². The monoisotopic (exact) mass is 538 g/mol. The molecule has 1 N–H and O–H groups in total. The highest BCUT2D eigenvalue weighted by Gasteiger charge is 2.27. The number of ether oxygens (including phenoxy) is 1. The van der Waals surface area contributed by atoms with Crippen LogP contribution in [0.15, 0.2) is 53.1 Å². The zero-order valence-electron chi connectivity index (χ0n) is 20.7. The Kier molecular flexibility index (Phi) is 7.22. The molecule has 0 atom stereocenters. The number of para-hydroxylation sites is 1. The van der Waals surface area contributed by atoms with Gasteiger partial charge in [-0.1, -0.05) is 54.2 Å². The van der Waals surface area contributed by atoms with E-state index in [1.165, 1.54) is 43.4 Å². The maximum Gasteiger partial charge on any atom is 0.414 e. The van der Waals surface area contributed by atoms with Gasteiger partial charge >= 0.3 is 6.09 Å². The first-order valence-electron chi connectivity index (χ1n) is 13.1. The number of hydrogen-bond acceptors (Lipinski definition) is 6. The Labute approximate surface area is 225 Å². The van der Waals surface area contributed by atoms with Crippen molar-refractivity contribution in [3.05, 3.63) is 58.6 Å². The van der Waals surface area contributed by atoms with E-state index < -0.39 is 6.09 Å². The third kappa shape index (κ3) is 5.56. The fraction of sp³-hybridized carbons (Fsp3) is 0.429. The smallest absolute Gasteiger partial charge is 0.393 e. The molecular weight excluding hydrogens is 508 g/mol. The second-order valence-electron chi connectivity index (χ2n) is 10.0. The first-order chi connectivity index (χ1) is 18.1. The summed E-state index contributed by atoms with van der Waals surface area (Å²) in [6, 6.07) is 16.4. The molecule has 0 bridgehead atoms. The van der Waals surface area contributed by atoms with Gasteiger partial charge in [-0.2, -0.15) is 0 Å². The maximum atomic E-state index is 12.9. The first kappa shape index (κ1) is 24.5. The molecule has 1 aliphatic heterocycles. The molecule has 0 spiro atoms. The zero-order valence-corrected chi connectivity index (χ0v) is 22.3. The Bertz CT molecular complexity index is 1360. The van der Waals surface area contributed by atoms with Crippen LogP contribution < -0.4 is 10.1 Å². The van der Waals surface area contributed by atoms with E-state index in [9.17, 15) is 4.79 Å². The number of nitrogens with zero attached hydrogens (tertiary/aromatic N) is 3. The number of carbonyl (C=O) groups is 1. The summed E-state index contributed by atoms with van der Waals surface area (Å²) in [7, 11) is 0. The Morgan fingerprint density at radius 2 is 1.89 bits per heavy atom. The largest absolute Gasteiger partial charge is 0.414 e. The number of rotatable bonds is 6. The molecule has 1 amide bonds. The van der Waals surface area contributed by atoms with Gasteiger partial charge in [0.15, 0.2) is 5.76 Å². The minimum absolute atomic E-state index is 0.140. The van der Waals surface area contributed by atoms with Gasteiger partial charge in [0, 0.05) is 42.7 Å². The van der Waals surface area contributed by atoms with Crippen LogP contribution in [-0.2, 0) is 6.54 Å². The van der Waals surface area contributed by atoms with Crippen molar-refractivity contribution in [2.24, 2.45) is 0 Å². The highest BCUT2D eigenvalue weighted by atomic mass is 35.5. The van der Waals surface area contributed by atoms with E-state index in [0.717, 1.165) is 53.4 Å². The number of amides is 1. The summed E-state index contributed by atoms with van der Waals surface area (Å²) in [5, 5.41) is 8.36. The fourth-order valence-corrected chi connectivity index (χ4v) is 6.68. The molecule has 9 heteroatoms. The van der Waals surface area contributed by atoms with Crippen LogP contribution in [-0.4, -0.2) is 45.9 Å². The molecular formula is C28H31ClN4O3S. The lowest BCUT2D eigenvalue weighted by atomic mass is 9.92. The number of carbonyl (C=O) groups excluding carboxylic acids is 1. The summed E-state index contributed by atoms with van der Waals surface area (Å²) in [5.74, 6) is 1.16. The molecule has 6 rings (SSSR count). The van der Waals surface area contributed by atoms with Crippen LogP contribution in [0.5, 0.6) is 5.88 Å². The minimum Gasteiger partial charge on any atom is -0.393 e. The van der Waals surface area contributed by atoms with Crippen molar-refractivity contribution >= 4 is 39.9 Å². The molecule has 0 unspecified atom stereocenters. The third-order valence-corrected chi connectivity index (χ3v) is 8.85. The van der Waals surface area contributed by atoms with Crippen LogP contribution >= 0.6 is 22.9 Å². The van der Waals surface area contributed by atoms with E-state index >= 15 is 0 Å². The van der Waals surface area contributed by atoms with Crippen LogP contribution in [0.4, 0.5) is 4.79 Å². The second kappa shape index (κ2) is 10.9. The van der Waals surface area contributed by atoms with Gasteiger partial charge in [-0.25, -0.2) is 4.79 Å². The molecule has 4 aromatic rings. The van der Waals surface area contributed by atoms with E-state index in [-0.39, 0.29) is 6.04 Å². The van der Waals surface area contributed by atoms with E-state index in [0.29, 0.717) is 22.5 Å². The van der Waals surface area contributed by atoms with Crippen LogP contribution in [0.2, 0.25) is 4.34 Å². The Morgan fingerprint density at radius 1 is 1.08 bits per heavy atom. The van der Waals surface area contributed by atoms with Gasteiger partial charge in [-0.3, -0.25) is 0 Å². The van der Waals surface area contributed by atoms with E-state index in [2.05, 4.69) is 15.4 Å². The fourth-order valence-electron chi connectivity index (χ4n) is 5.69. The summed E-state index contributed by atoms with van der Waals surface area (Å²) in [6.45, 7) is 2.50. The van der Waals surface area contributed by atoms with Gasteiger partial charge < -0.3 is 24.0 Å². The molecule has 1 saturated heterocycles. The van der Waals surface area contributed by atoms with E-state index in [1.807, 2.05) is 53.1 Å². The highest BCUT2D eigenvalue weighted by molar-refractivity contribution is 7.19. The van der Waals surface area contributed by atoms with Crippen molar-refractivity contribution < 1.29 is 14.1 Å². The summed E-state index contributed by atoms with van der Waals surface area (Å²) in [6.07, 6.45) is 8.22. The lowest BCUT2D eigenvalue weighted by Gasteiger charge is -2.39. The lowest BCUT2D eigenvalue weighted by Crippen LogP contribution is -2.49. The SMILES string of the molecule is O=C(NC1CCN(C2CCCCC2)CC1)Oc1cc2ccccc2n1Cc1cc(-c2ccc(Cl)s2)on1. The molecule has 2 fully saturated rings. The Morgan fingerprint density at radius 3 is 2.68 bits per heavy atom. The van der Waals surface area contributed by atoms with Gasteiger partial charge in [0.2, 0.25) is 5.88 Å². The van der Waals surface area contributed by atoms with Crippen LogP contribution in [0.3, 0.4) is 0 Å². The van der Waals surface area contributed by atoms with Crippen LogP contribution in [0.1, 0.15) is 50.6 Å². The van der Waals surface area contributed by atoms with Gasteiger partial charge in [-0.05, 0) is 43.9 Å². The molecule has 1 aromatic carbocycles. The summed E-state index contributed by atoms with van der Waals surface area (Å²) >= 11 is 7.52. The van der Waals surface area contributed by atoms with Gasteiger partial charge in [-0.15, -0.1) is 11.3 Å². The molecule has 194 valence electrons. The average molecular weight is 539 g/mol. The lowest BCUT2D eigenvalue weighted by molar-refractivity contribution is 0.114. The number of hydrogen-bond donors (Lipinski definition) is 1.